The van der Waals surface area contributed by atoms with E-state index in [1.54, 1.807) is 0 Å². The molecule has 0 radical (unpaired) electrons. The summed E-state index contributed by atoms with van der Waals surface area (Å²) in [5.74, 6) is 1.19. The Morgan fingerprint density at radius 3 is 2.52 bits per heavy atom. The lowest BCUT2D eigenvalue weighted by molar-refractivity contribution is -0.126. The molecule has 0 heterocycles. The third-order valence-corrected chi connectivity index (χ3v) is 5.45. The van der Waals surface area contributed by atoms with Crippen LogP contribution in [0.25, 0.3) is 10.8 Å². The van der Waals surface area contributed by atoms with Crippen molar-refractivity contribution >= 4 is 16.7 Å². The monoisotopic (exact) mass is 338 g/mol. The molecule has 0 unspecified atom stereocenters. The summed E-state index contributed by atoms with van der Waals surface area (Å²) in [5, 5.41) is 9.02. The predicted octanol–water partition coefficient (Wildman–Crippen LogP) is 3.91. The molecular formula is C22H30N2O. The zero-order valence-electron chi connectivity index (χ0n) is 15.4. The van der Waals surface area contributed by atoms with Gasteiger partial charge in [-0.05, 0) is 74.9 Å². The predicted molar refractivity (Wildman–Crippen MR) is 105 cm³/mol. The zero-order valence-corrected chi connectivity index (χ0v) is 15.4. The van der Waals surface area contributed by atoms with E-state index in [4.69, 9.17) is 0 Å². The molecule has 134 valence electrons. The smallest absolute Gasteiger partial charge is 0.223 e. The van der Waals surface area contributed by atoms with Gasteiger partial charge in [-0.15, -0.1) is 0 Å². The molecule has 2 aromatic carbocycles. The molecule has 0 aliphatic heterocycles. The summed E-state index contributed by atoms with van der Waals surface area (Å²) in [6.45, 7) is 3.19. The number of rotatable bonds is 6. The van der Waals surface area contributed by atoms with Gasteiger partial charge >= 0.3 is 0 Å². The molecule has 0 saturated heterocycles. The van der Waals surface area contributed by atoms with Crippen molar-refractivity contribution in [3.63, 3.8) is 0 Å². The first kappa shape index (κ1) is 17.9. The fraction of sp³-hybridized carbons (Fsp3) is 0.500. The van der Waals surface area contributed by atoms with Crippen LogP contribution in [0.4, 0.5) is 0 Å². The first-order valence-electron chi connectivity index (χ1n) is 9.58. The molecular weight excluding hydrogens is 308 g/mol. The van der Waals surface area contributed by atoms with Crippen LogP contribution >= 0.6 is 0 Å². The molecule has 0 spiro atoms. The number of hydrogen-bond donors (Lipinski definition) is 2. The zero-order chi connectivity index (χ0) is 17.6. The average Bonchev–Trinajstić information content (AvgIpc) is 2.62. The van der Waals surface area contributed by atoms with E-state index < -0.39 is 0 Å². The Bertz CT molecular complexity index is 704. The summed E-state index contributed by atoms with van der Waals surface area (Å²) < 4.78 is 0. The molecule has 1 atom stereocenters. The second kappa shape index (κ2) is 8.48. The molecule has 0 bridgehead atoms. The van der Waals surface area contributed by atoms with E-state index in [1.807, 2.05) is 7.05 Å². The number of benzene rings is 2. The molecule has 0 aromatic heterocycles. The van der Waals surface area contributed by atoms with Crippen LogP contribution in [0.2, 0.25) is 0 Å². The van der Waals surface area contributed by atoms with E-state index in [0.29, 0.717) is 0 Å². The Morgan fingerprint density at radius 1 is 1.08 bits per heavy atom. The van der Waals surface area contributed by atoms with Crippen LogP contribution < -0.4 is 10.6 Å². The van der Waals surface area contributed by atoms with Crippen molar-refractivity contribution in [1.29, 1.82) is 0 Å². The number of carbonyl (C=O) groups excluding carboxylic acids is 1. The second-order valence-electron chi connectivity index (χ2n) is 7.57. The number of hydrogen-bond acceptors (Lipinski definition) is 2. The fourth-order valence-electron chi connectivity index (χ4n) is 4.05. The third-order valence-electron chi connectivity index (χ3n) is 5.45. The minimum atomic E-state index is 0.170. The highest BCUT2D eigenvalue weighted by Gasteiger charge is 2.26. The maximum Gasteiger partial charge on any atom is 0.223 e. The van der Waals surface area contributed by atoms with Crippen LogP contribution in [0.1, 0.15) is 38.2 Å². The lowest BCUT2D eigenvalue weighted by Crippen LogP contribution is -2.40. The molecule has 25 heavy (non-hydrogen) atoms. The third kappa shape index (κ3) is 4.82. The van der Waals surface area contributed by atoms with Crippen LogP contribution in [-0.2, 0) is 11.2 Å². The molecule has 2 aromatic rings. The molecule has 3 rings (SSSR count). The van der Waals surface area contributed by atoms with Crippen LogP contribution in [0.3, 0.4) is 0 Å². The van der Waals surface area contributed by atoms with Gasteiger partial charge in [0.2, 0.25) is 5.91 Å². The Balaban J connectivity index is 1.51. The molecule has 3 heteroatoms. The maximum atomic E-state index is 12.5. The summed E-state index contributed by atoms with van der Waals surface area (Å²) in [6.07, 6.45) is 5.27. The summed E-state index contributed by atoms with van der Waals surface area (Å²) >= 11 is 0. The number of carbonyl (C=O) groups is 1. The molecule has 2 N–H and O–H groups in total. The normalized spacial score (nSPS) is 21.8. The summed E-state index contributed by atoms with van der Waals surface area (Å²) in [5.41, 5.74) is 1.28. The van der Waals surface area contributed by atoms with Gasteiger partial charge in [-0.1, -0.05) is 42.5 Å². The van der Waals surface area contributed by atoms with E-state index in [9.17, 15) is 4.79 Å². The van der Waals surface area contributed by atoms with Gasteiger partial charge in [-0.3, -0.25) is 4.79 Å². The van der Waals surface area contributed by atoms with E-state index in [1.165, 1.54) is 16.3 Å². The molecule has 3 nitrogen and oxygen atoms in total. The van der Waals surface area contributed by atoms with Gasteiger partial charge in [0.1, 0.15) is 0 Å². The summed E-state index contributed by atoms with van der Waals surface area (Å²) in [7, 11) is 2.01. The molecule has 1 saturated carbocycles. The highest BCUT2D eigenvalue weighted by atomic mass is 16.1. The Morgan fingerprint density at radius 2 is 1.80 bits per heavy atom. The second-order valence-corrected chi connectivity index (χ2v) is 7.57. The fourth-order valence-corrected chi connectivity index (χ4v) is 4.05. The van der Waals surface area contributed by atoms with Crippen LogP contribution in [0, 0.1) is 11.8 Å². The number of fused-ring (bicyclic) bond motifs is 1. The van der Waals surface area contributed by atoms with Crippen molar-refractivity contribution in [3.05, 3.63) is 48.0 Å². The lowest BCUT2D eigenvalue weighted by atomic mass is 9.81. The quantitative estimate of drug-likeness (QED) is 0.838. The van der Waals surface area contributed by atoms with E-state index in [0.717, 1.165) is 44.6 Å². The van der Waals surface area contributed by atoms with E-state index in [2.05, 4.69) is 60.0 Å². The molecule has 1 amide bonds. The lowest BCUT2D eigenvalue weighted by Gasteiger charge is -2.28. The van der Waals surface area contributed by atoms with Gasteiger partial charge in [0, 0.05) is 12.0 Å². The van der Waals surface area contributed by atoms with Crippen molar-refractivity contribution < 1.29 is 4.79 Å². The molecule has 1 fully saturated rings. The number of nitrogens with one attached hydrogen (secondary N) is 2. The van der Waals surface area contributed by atoms with Gasteiger partial charge < -0.3 is 10.6 Å². The SMILES string of the molecule is CNCC1CCC(C(=O)N[C@H](C)Cc2ccc3ccccc3c2)CC1. The summed E-state index contributed by atoms with van der Waals surface area (Å²) in [6, 6.07) is 15.2. The minimum absolute atomic E-state index is 0.170. The standard InChI is InChI=1S/C22H30N2O/c1-16(13-18-9-10-19-5-3-4-6-21(19)14-18)24-22(25)20-11-7-17(8-12-20)15-23-2/h3-6,9-10,14,16-17,20,23H,7-8,11-13,15H2,1-2H3,(H,24,25)/t16-,17?,20?/m1/s1. The van der Waals surface area contributed by atoms with Crippen LogP contribution in [0.5, 0.6) is 0 Å². The summed E-state index contributed by atoms with van der Waals surface area (Å²) in [4.78, 5) is 12.5. The van der Waals surface area contributed by atoms with Crippen LogP contribution in [0.15, 0.2) is 42.5 Å². The number of amides is 1. The first-order valence-corrected chi connectivity index (χ1v) is 9.58. The van der Waals surface area contributed by atoms with Gasteiger partial charge in [-0.25, -0.2) is 0 Å². The van der Waals surface area contributed by atoms with Gasteiger partial charge in [0.15, 0.2) is 0 Å². The van der Waals surface area contributed by atoms with Crippen molar-refractivity contribution in [3.8, 4) is 0 Å². The maximum absolute atomic E-state index is 12.5. The first-order chi connectivity index (χ1) is 12.2. The average molecular weight is 338 g/mol. The van der Waals surface area contributed by atoms with Gasteiger partial charge in [0.25, 0.3) is 0 Å². The van der Waals surface area contributed by atoms with Crippen molar-refractivity contribution in [2.24, 2.45) is 11.8 Å². The topological polar surface area (TPSA) is 41.1 Å². The van der Waals surface area contributed by atoms with E-state index >= 15 is 0 Å². The highest BCUT2D eigenvalue weighted by molar-refractivity contribution is 5.83. The Kier molecular flexibility index (Phi) is 6.09. The van der Waals surface area contributed by atoms with E-state index in [-0.39, 0.29) is 17.9 Å². The Labute approximate surface area is 151 Å². The van der Waals surface area contributed by atoms with Crippen LogP contribution in [-0.4, -0.2) is 25.5 Å². The Hall–Kier alpha value is -1.87. The largest absolute Gasteiger partial charge is 0.353 e. The highest BCUT2D eigenvalue weighted by Crippen LogP contribution is 2.28. The van der Waals surface area contributed by atoms with Gasteiger partial charge in [0.05, 0.1) is 0 Å². The van der Waals surface area contributed by atoms with Gasteiger partial charge in [-0.2, -0.15) is 0 Å². The van der Waals surface area contributed by atoms with Crippen molar-refractivity contribution in [1.82, 2.24) is 10.6 Å². The molecule has 1 aliphatic rings. The van der Waals surface area contributed by atoms with Crippen molar-refractivity contribution in [2.75, 3.05) is 13.6 Å². The minimum Gasteiger partial charge on any atom is -0.353 e. The van der Waals surface area contributed by atoms with Crippen molar-refractivity contribution in [2.45, 2.75) is 45.1 Å². The molecule has 1 aliphatic carbocycles.